The van der Waals surface area contributed by atoms with Crippen molar-refractivity contribution in [1.29, 1.82) is 0 Å². The molecule has 7 rings (SSSR count). The fourth-order valence-electron chi connectivity index (χ4n) is 7.64. The summed E-state index contributed by atoms with van der Waals surface area (Å²) in [6.45, 7) is 5.41. The van der Waals surface area contributed by atoms with Crippen molar-refractivity contribution in [3.05, 3.63) is 203 Å². The SMILES string of the molecule is CCOP(OCC)OC1O[C@H](COC(c2ccccc2)(c2ccc(OC)cc2)c2ccc(OC)cc2)[C@@H](OCc2ccccc2)[C@H](OCc2ccccc2)[C@H]1OCc1ccccc1. The van der Waals surface area contributed by atoms with Gasteiger partial charge >= 0.3 is 8.60 Å². The van der Waals surface area contributed by atoms with Crippen molar-refractivity contribution in [2.75, 3.05) is 34.0 Å². The molecular formula is C52H57O10P. The van der Waals surface area contributed by atoms with Crippen LogP contribution in [0.3, 0.4) is 0 Å². The Morgan fingerprint density at radius 3 is 1.30 bits per heavy atom. The second-order valence-electron chi connectivity index (χ2n) is 14.8. The number of ether oxygens (including phenoxy) is 7. The quantitative estimate of drug-likeness (QED) is 0.0458. The molecule has 0 bridgehead atoms. The minimum Gasteiger partial charge on any atom is -0.497 e. The molecule has 1 aliphatic rings. The second kappa shape index (κ2) is 23.6. The molecule has 1 fully saturated rings. The molecule has 0 aromatic heterocycles. The van der Waals surface area contributed by atoms with Gasteiger partial charge in [-0.05, 0) is 71.5 Å². The lowest BCUT2D eigenvalue weighted by molar-refractivity contribution is -0.313. The summed E-state index contributed by atoms with van der Waals surface area (Å²) in [6.07, 6.45) is -4.02. The topological polar surface area (TPSA) is 92.3 Å². The molecule has 330 valence electrons. The highest BCUT2D eigenvalue weighted by Gasteiger charge is 2.51. The molecule has 6 aromatic rings. The lowest BCUT2D eigenvalue weighted by atomic mass is 9.80. The minimum absolute atomic E-state index is 0.0318. The average molecular weight is 873 g/mol. The molecule has 0 radical (unpaired) electrons. The number of rotatable bonds is 23. The molecule has 10 nitrogen and oxygen atoms in total. The third-order valence-electron chi connectivity index (χ3n) is 10.7. The summed E-state index contributed by atoms with van der Waals surface area (Å²) >= 11 is 0. The van der Waals surface area contributed by atoms with E-state index < -0.39 is 44.9 Å². The average Bonchev–Trinajstić information content (AvgIpc) is 3.34. The van der Waals surface area contributed by atoms with Crippen LogP contribution >= 0.6 is 8.60 Å². The third kappa shape index (κ3) is 12.0. The maximum Gasteiger partial charge on any atom is 0.335 e. The molecule has 1 heterocycles. The van der Waals surface area contributed by atoms with Crippen LogP contribution in [0.25, 0.3) is 0 Å². The van der Waals surface area contributed by atoms with Crippen molar-refractivity contribution in [2.24, 2.45) is 0 Å². The van der Waals surface area contributed by atoms with Gasteiger partial charge in [0.1, 0.15) is 41.5 Å². The van der Waals surface area contributed by atoms with Crippen LogP contribution in [0.15, 0.2) is 170 Å². The first-order valence-corrected chi connectivity index (χ1v) is 22.5. The second-order valence-corrected chi connectivity index (χ2v) is 16.0. The maximum atomic E-state index is 7.48. The van der Waals surface area contributed by atoms with Crippen molar-refractivity contribution >= 4 is 8.60 Å². The van der Waals surface area contributed by atoms with E-state index in [1.165, 1.54) is 0 Å². The first-order valence-electron chi connectivity index (χ1n) is 21.4. The molecule has 0 saturated carbocycles. The van der Waals surface area contributed by atoms with Gasteiger partial charge in [-0.25, -0.2) is 0 Å². The van der Waals surface area contributed by atoms with E-state index in [0.717, 1.165) is 44.9 Å². The Labute approximate surface area is 372 Å². The van der Waals surface area contributed by atoms with Gasteiger partial charge in [0.2, 0.25) is 0 Å². The van der Waals surface area contributed by atoms with E-state index in [1.807, 2.05) is 172 Å². The predicted octanol–water partition coefficient (Wildman–Crippen LogP) is 10.8. The van der Waals surface area contributed by atoms with E-state index in [2.05, 4.69) is 12.1 Å². The zero-order valence-corrected chi connectivity index (χ0v) is 37.2. The van der Waals surface area contributed by atoms with Gasteiger partial charge < -0.3 is 42.2 Å². The standard InChI is InChI=1S/C52H57O10P/c1-5-59-63(60-6-2)62-51-50(57-37-41-23-15-9-16-24-41)49(56-36-40-21-13-8-14-22-40)48(55-35-39-19-11-7-12-20-39)47(61-51)38-58-52(42-25-17-10-18-26-42,43-27-31-45(53-3)32-28-43)44-29-33-46(54-4)34-30-44/h7-34,47-51H,5-6,35-38H2,1-4H3/t47-,48-,49+,50-,51?/m1/s1. The van der Waals surface area contributed by atoms with E-state index >= 15 is 0 Å². The molecule has 5 atom stereocenters. The molecule has 11 heteroatoms. The fraction of sp³-hybridized carbons (Fsp3) is 0.308. The normalized spacial score (nSPS) is 18.9. The van der Waals surface area contributed by atoms with Gasteiger partial charge in [-0.3, -0.25) is 4.52 Å². The fourth-order valence-corrected chi connectivity index (χ4v) is 8.60. The van der Waals surface area contributed by atoms with Crippen molar-refractivity contribution < 1.29 is 46.7 Å². The Kier molecular flexibility index (Phi) is 17.3. The highest BCUT2D eigenvalue weighted by atomic mass is 31.2. The number of benzene rings is 6. The van der Waals surface area contributed by atoms with Crippen LogP contribution < -0.4 is 9.47 Å². The van der Waals surface area contributed by atoms with E-state index in [9.17, 15) is 0 Å². The minimum atomic E-state index is -1.84. The lowest BCUT2D eigenvalue weighted by Gasteiger charge is -2.47. The molecular weight excluding hydrogens is 816 g/mol. The molecule has 0 spiro atoms. The highest BCUT2D eigenvalue weighted by molar-refractivity contribution is 7.41. The predicted molar refractivity (Wildman–Crippen MR) is 243 cm³/mol. The number of methoxy groups -OCH3 is 2. The van der Waals surface area contributed by atoms with Crippen molar-refractivity contribution in [3.8, 4) is 11.5 Å². The smallest absolute Gasteiger partial charge is 0.335 e. The number of hydrogen-bond acceptors (Lipinski definition) is 10. The summed E-state index contributed by atoms with van der Waals surface area (Å²) in [4.78, 5) is 0. The van der Waals surface area contributed by atoms with E-state index in [-0.39, 0.29) is 26.4 Å². The summed E-state index contributed by atoms with van der Waals surface area (Å²) < 4.78 is 65.4. The Morgan fingerprint density at radius 1 is 0.476 bits per heavy atom. The summed E-state index contributed by atoms with van der Waals surface area (Å²) in [5.41, 5.74) is 4.48. The van der Waals surface area contributed by atoms with Crippen LogP contribution in [0.2, 0.25) is 0 Å². The molecule has 0 N–H and O–H groups in total. The van der Waals surface area contributed by atoms with Crippen LogP contribution in [-0.4, -0.2) is 64.7 Å². The van der Waals surface area contributed by atoms with Crippen LogP contribution in [0, 0.1) is 0 Å². The Hall–Kier alpha value is -4.97. The van der Waals surface area contributed by atoms with Gasteiger partial charge in [0.15, 0.2) is 6.29 Å². The molecule has 0 aliphatic carbocycles. The summed E-state index contributed by atoms with van der Waals surface area (Å²) in [7, 11) is 1.47. The molecule has 6 aromatic carbocycles. The zero-order chi connectivity index (χ0) is 43.7. The van der Waals surface area contributed by atoms with Crippen LogP contribution in [0.1, 0.15) is 47.2 Å². The first kappa shape index (κ1) is 46.0. The van der Waals surface area contributed by atoms with Crippen LogP contribution in [0.5, 0.6) is 11.5 Å². The lowest BCUT2D eigenvalue weighted by Crippen LogP contribution is -2.62. The summed E-state index contributed by atoms with van der Waals surface area (Å²) in [6, 6.07) is 56.2. The van der Waals surface area contributed by atoms with Crippen molar-refractivity contribution in [2.45, 2.75) is 70.0 Å². The van der Waals surface area contributed by atoms with Gasteiger partial charge in [-0.15, -0.1) is 0 Å². The van der Waals surface area contributed by atoms with E-state index in [1.54, 1.807) is 14.2 Å². The van der Waals surface area contributed by atoms with Crippen molar-refractivity contribution in [1.82, 2.24) is 0 Å². The first-order chi connectivity index (χ1) is 31.0. The monoisotopic (exact) mass is 872 g/mol. The van der Waals surface area contributed by atoms with Gasteiger partial charge in [-0.2, -0.15) is 0 Å². The largest absolute Gasteiger partial charge is 0.497 e. The van der Waals surface area contributed by atoms with Crippen LogP contribution in [0.4, 0.5) is 0 Å². The van der Waals surface area contributed by atoms with Gasteiger partial charge in [0, 0.05) is 0 Å². The van der Waals surface area contributed by atoms with Crippen LogP contribution in [-0.2, 0) is 62.7 Å². The zero-order valence-electron chi connectivity index (χ0n) is 36.3. The number of hydrogen-bond donors (Lipinski definition) is 0. The van der Waals surface area contributed by atoms with E-state index in [0.29, 0.717) is 13.2 Å². The highest BCUT2D eigenvalue weighted by Crippen LogP contribution is 2.46. The maximum absolute atomic E-state index is 7.48. The Morgan fingerprint density at radius 2 is 0.873 bits per heavy atom. The molecule has 1 saturated heterocycles. The molecule has 1 unspecified atom stereocenters. The van der Waals surface area contributed by atoms with Crippen molar-refractivity contribution in [3.63, 3.8) is 0 Å². The molecule has 63 heavy (non-hydrogen) atoms. The summed E-state index contributed by atoms with van der Waals surface area (Å²) in [5.74, 6) is 1.45. The Bertz CT molecular complexity index is 2130. The third-order valence-corrected chi connectivity index (χ3v) is 12.1. The van der Waals surface area contributed by atoms with E-state index in [4.69, 9.17) is 46.7 Å². The van der Waals surface area contributed by atoms with Gasteiger partial charge in [0.25, 0.3) is 0 Å². The summed E-state index contributed by atoms with van der Waals surface area (Å²) in [5, 5.41) is 0. The molecule has 1 aliphatic heterocycles. The molecule has 0 amide bonds. The van der Waals surface area contributed by atoms with Gasteiger partial charge in [-0.1, -0.05) is 146 Å². The van der Waals surface area contributed by atoms with Gasteiger partial charge in [0.05, 0.1) is 53.9 Å². The Balaban J connectivity index is 1.34.